The smallest absolute Gasteiger partial charge is 0.311 e. The lowest BCUT2D eigenvalue weighted by molar-refractivity contribution is -0.134. The Balaban J connectivity index is 1.82. The van der Waals surface area contributed by atoms with Gasteiger partial charge in [-0.1, -0.05) is 25.1 Å². The fourth-order valence-electron chi connectivity index (χ4n) is 2.95. The predicted octanol–water partition coefficient (Wildman–Crippen LogP) is 3.50. The Kier molecular flexibility index (Phi) is 6.49. The van der Waals surface area contributed by atoms with Gasteiger partial charge in [0.1, 0.15) is 12.4 Å². The fourth-order valence-corrected chi connectivity index (χ4v) is 2.95. The summed E-state index contributed by atoms with van der Waals surface area (Å²) >= 11 is 0. The number of rotatable bonds is 8. The van der Waals surface area contributed by atoms with Crippen LogP contribution in [0.5, 0.6) is 17.2 Å². The van der Waals surface area contributed by atoms with E-state index in [-0.39, 0.29) is 30.3 Å². The highest BCUT2D eigenvalue weighted by Gasteiger charge is 2.16. The molecule has 0 aliphatic heterocycles. The van der Waals surface area contributed by atoms with E-state index in [1.54, 1.807) is 42.7 Å². The van der Waals surface area contributed by atoms with Crippen molar-refractivity contribution in [2.24, 2.45) is 0 Å². The summed E-state index contributed by atoms with van der Waals surface area (Å²) in [5, 5.41) is 0.564. The van der Waals surface area contributed by atoms with E-state index in [2.05, 4.69) is 4.98 Å². The number of benzene rings is 2. The van der Waals surface area contributed by atoms with E-state index in [1.807, 2.05) is 25.1 Å². The third kappa shape index (κ3) is 4.56. The molecule has 3 aromatic rings. The second-order valence-corrected chi connectivity index (χ2v) is 6.33. The SMILES string of the molecule is CCOc1cccc(OCCn2c(C)nc3ccccc3c2=O)c1OC(=O)CC. The maximum Gasteiger partial charge on any atom is 0.311 e. The van der Waals surface area contributed by atoms with E-state index in [0.29, 0.717) is 41.4 Å². The first-order valence-electron chi connectivity index (χ1n) is 9.60. The Morgan fingerprint density at radius 3 is 2.48 bits per heavy atom. The molecule has 0 fully saturated rings. The summed E-state index contributed by atoms with van der Waals surface area (Å²) < 4.78 is 18.4. The average molecular weight is 396 g/mol. The van der Waals surface area contributed by atoms with Crippen molar-refractivity contribution in [2.45, 2.75) is 33.7 Å². The Morgan fingerprint density at radius 2 is 1.76 bits per heavy atom. The van der Waals surface area contributed by atoms with Gasteiger partial charge in [-0.25, -0.2) is 4.98 Å². The summed E-state index contributed by atoms with van der Waals surface area (Å²) in [4.78, 5) is 29.1. The first-order valence-corrected chi connectivity index (χ1v) is 9.60. The van der Waals surface area contributed by atoms with Crippen LogP contribution >= 0.6 is 0 Å². The molecule has 0 saturated carbocycles. The number of aryl methyl sites for hydroxylation is 1. The second-order valence-electron chi connectivity index (χ2n) is 6.33. The summed E-state index contributed by atoms with van der Waals surface area (Å²) in [6, 6.07) is 12.4. The van der Waals surface area contributed by atoms with Gasteiger partial charge in [-0.05, 0) is 38.1 Å². The summed E-state index contributed by atoms with van der Waals surface area (Å²) in [6.45, 7) is 6.29. The molecule has 0 N–H and O–H groups in total. The van der Waals surface area contributed by atoms with Crippen molar-refractivity contribution in [1.29, 1.82) is 0 Å². The molecule has 0 atom stereocenters. The van der Waals surface area contributed by atoms with Crippen LogP contribution < -0.4 is 19.8 Å². The lowest BCUT2D eigenvalue weighted by atomic mass is 10.2. The minimum absolute atomic E-state index is 0.114. The van der Waals surface area contributed by atoms with Crippen molar-refractivity contribution in [3.8, 4) is 17.2 Å². The predicted molar refractivity (Wildman–Crippen MR) is 110 cm³/mol. The zero-order chi connectivity index (χ0) is 20.8. The topological polar surface area (TPSA) is 79.7 Å². The van der Waals surface area contributed by atoms with Crippen molar-refractivity contribution >= 4 is 16.9 Å². The molecule has 29 heavy (non-hydrogen) atoms. The minimum Gasteiger partial charge on any atom is -0.490 e. The van der Waals surface area contributed by atoms with Crippen LogP contribution in [0.2, 0.25) is 0 Å². The van der Waals surface area contributed by atoms with Crippen LogP contribution in [0.25, 0.3) is 10.9 Å². The van der Waals surface area contributed by atoms with Gasteiger partial charge in [0.15, 0.2) is 11.5 Å². The van der Waals surface area contributed by atoms with Crippen LogP contribution in [0.4, 0.5) is 0 Å². The van der Waals surface area contributed by atoms with Crippen LogP contribution in [0.1, 0.15) is 26.1 Å². The molecule has 0 saturated heterocycles. The quantitative estimate of drug-likeness (QED) is 0.428. The molecule has 2 aromatic carbocycles. The molecule has 1 heterocycles. The molecule has 0 aliphatic rings. The summed E-state index contributed by atoms with van der Waals surface area (Å²) in [5.41, 5.74) is 0.558. The number of carbonyl (C=O) groups is 1. The van der Waals surface area contributed by atoms with Crippen LogP contribution in [0.3, 0.4) is 0 Å². The van der Waals surface area contributed by atoms with Crippen molar-refractivity contribution in [3.05, 3.63) is 58.6 Å². The van der Waals surface area contributed by atoms with Crippen LogP contribution in [-0.2, 0) is 11.3 Å². The Hall–Kier alpha value is -3.35. The Morgan fingerprint density at radius 1 is 1.03 bits per heavy atom. The monoisotopic (exact) mass is 396 g/mol. The largest absolute Gasteiger partial charge is 0.490 e. The number of esters is 1. The van der Waals surface area contributed by atoms with Gasteiger partial charge in [-0.3, -0.25) is 14.2 Å². The standard InChI is InChI=1S/C22H24N2O5/c1-4-20(25)29-21-18(27-5-2)11-8-12-19(21)28-14-13-24-15(3)23-17-10-7-6-9-16(17)22(24)26/h6-12H,4-5,13-14H2,1-3H3. The lowest BCUT2D eigenvalue weighted by Crippen LogP contribution is -2.26. The number of hydrogen-bond donors (Lipinski definition) is 0. The van der Waals surface area contributed by atoms with Gasteiger partial charge in [0, 0.05) is 6.42 Å². The van der Waals surface area contributed by atoms with Crippen molar-refractivity contribution < 1.29 is 19.0 Å². The summed E-state index contributed by atoms with van der Waals surface area (Å²) in [7, 11) is 0. The van der Waals surface area contributed by atoms with Gasteiger partial charge in [0.05, 0.1) is 24.1 Å². The molecule has 7 nitrogen and oxygen atoms in total. The minimum atomic E-state index is -0.382. The van der Waals surface area contributed by atoms with Gasteiger partial charge in [0.2, 0.25) is 5.75 Å². The number of nitrogens with zero attached hydrogens (tertiary/aromatic N) is 2. The van der Waals surface area contributed by atoms with E-state index in [4.69, 9.17) is 14.2 Å². The highest BCUT2D eigenvalue weighted by atomic mass is 16.6. The first kappa shape index (κ1) is 20.4. The highest BCUT2D eigenvalue weighted by molar-refractivity contribution is 5.77. The fraction of sp³-hybridized carbons (Fsp3) is 0.318. The Labute approximate surface area is 168 Å². The van der Waals surface area contributed by atoms with Gasteiger partial charge in [-0.2, -0.15) is 0 Å². The van der Waals surface area contributed by atoms with Gasteiger partial charge in [0.25, 0.3) is 5.56 Å². The van der Waals surface area contributed by atoms with Crippen molar-refractivity contribution in [3.63, 3.8) is 0 Å². The molecule has 152 valence electrons. The molecular weight excluding hydrogens is 372 g/mol. The number of ether oxygens (including phenoxy) is 3. The maximum atomic E-state index is 12.8. The normalized spacial score (nSPS) is 10.7. The summed E-state index contributed by atoms with van der Waals surface area (Å²) in [5.74, 6) is 1.30. The van der Waals surface area contributed by atoms with E-state index in [1.165, 1.54) is 0 Å². The number of hydrogen-bond acceptors (Lipinski definition) is 6. The van der Waals surface area contributed by atoms with Gasteiger partial charge < -0.3 is 14.2 Å². The van der Waals surface area contributed by atoms with Gasteiger partial charge >= 0.3 is 5.97 Å². The summed E-state index contributed by atoms with van der Waals surface area (Å²) in [6.07, 6.45) is 0.233. The van der Waals surface area contributed by atoms with Crippen molar-refractivity contribution in [2.75, 3.05) is 13.2 Å². The van der Waals surface area contributed by atoms with Crippen molar-refractivity contribution in [1.82, 2.24) is 9.55 Å². The van der Waals surface area contributed by atoms with Crippen LogP contribution in [0.15, 0.2) is 47.3 Å². The molecule has 0 bridgehead atoms. The zero-order valence-corrected chi connectivity index (χ0v) is 16.8. The molecule has 0 aliphatic carbocycles. The Bertz CT molecular complexity index is 1070. The number of carbonyl (C=O) groups excluding carboxylic acids is 1. The number of para-hydroxylation sites is 2. The molecule has 0 unspecified atom stereocenters. The van der Waals surface area contributed by atoms with E-state index in [0.717, 1.165) is 0 Å². The molecule has 7 heteroatoms. The highest BCUT2D eigenvalue weighted by Crippen LogP contribution is 2.37. The number of aromatic nitrogens is 2. The van der Waals surface area contributed by atoms with E-state index in [9.17, 15) is 9.59 Å². The molecule has 0 amide bonds. The van der Waals surface area contributed by atoms with Gasteiger partial charge in [-0.15, -0.1) is 0 Å². The zero-order valence-electron chi connectivity index (χ0n) is 16.8. The number of fused-ring (bicyclic) bond motifs is 1. The molecular formula is C22H24N2O5. The molecule has 0 spiro atoms. The first-order chi connectivity index (χ1) is 14.0. The lowest BCUT2D eigenvalue weighted by Gasteiger charge is -2.16. The third-order valence-electron chi connectivity index (χ3n) is 4.37. The second kappa shape index (κ2) is 9.23. The molecule has 1 aromatic heterocycles. The molecule has 3 rings (SSSR count). The molecule has 0 radical (unpaired) electrons. The van der Waals surface area contributed by atoms with E-state index < -0.39 is 0 Å². The van der Waals surface area contributed by atoms with E-state index >= 15 is 0 Å². The third-order valence-corrected chi connectivity index (χ3v) is 4.37. The van der Waals surface area contributed by atoms with Crippen LogP contribution in [0, 0.1) is 6.92 Å². The maximum absolute atomic E-state index is 12.8. The average Bonchev–Trinajstić information content (AvgIpc) is 2.72. The van der Waals surface area contributed by atoms with Crippen LogP contribution in [-0.4, -0.2) is 28.7 Å².